The number of ketones is 1. The fourth-order valence-corrected chi connectivity index (χ4v) is 3.89. The third-order valence-electron chi connectivity index (χ3n) is 5.83. The van der Waals surface area contributed by atoms with Crippen LogP contribution in [-0.2, 0) is 4.79 Å². The molecule has 2 aromatic carbocycles. The van der Waals surface area contributed by atoms with E-state index in [0.29, 0.717) is 11.1 Å². The first-order chi connectivity index (χ1) is 15.1. The van der Waals surface area contributed by atoms with Crippen molar-refractivity contribution in [2.75, 3.05) is 23.3 Å². The lowest BCUT2D eigenvalue weighted by atomic mass is 10.0. The molecule has 0 bridgehead atoms. The Hall–Kier alpha value is -3.47. The smallest absolute Gasteiger partial charge is 0.293 e. The van der Waals surface area contributed by atoms with Crippen LogP contribution in [0.5, 0.6) is 0 Å². The van der Waals surface area contributed by atoms with Crippen molar-refractivity contribution in [1.82, 2.24) is 0 Å². The zero-order valence-electron chi connectivity index (χ0n) is 17.8. The second kappa shape index (κ2) is 9.56. The van der Waals surface area contributed by atoms with E-state index in [1.807, 2.05) is 37.3 Å². The van der Waals surface area contributed by atoms with E-state index >= 15 is 0 Å². The largest absolute Gasteiger partial charge is 0.372 e. The summed E-state index contributed by atoms with van der Waals surface area (Å²) in [5.74, 6) is -0.128. The molecule has 0 spiro atoms. The lowest BCUT2D eigenvalue weighted by molar-refractivity contribution is -0.705. The molecule has 1 saturated heterocycles. The molecule has 158 valence electrons. The van der Waals surface area contributed by atoms with Crippen molar-refractivity contribution in [1.29, 1.82) is 0 Å². The van der Waals surface area contributed by atoms with Gasteiger partial charge in [-0.1, -0.05) is 30.3 Å². The van der Waals surface area contributed by atoms with Gasteiger partial charge in [-0.25, -0.2) is 0 Å². The number of piperidine rings is 1. The first-order valence-corrected chi connectivity index (χ1v) is 10.9. The molecule has 1 aromatic heterocycles. The van der Waals surface area contributed by atoms with Crippen molar-refractivity contribution < 1.29 is 14.2 Å². The van der Waals surface area contributed by atoms with Gasteiger partial charge in [0.2, 0.25) is 6.04 Å². The Kier molecular flexibility index (Phi) is 6.41. The van der Waals surface area contributed by atoms with Crippen LogP contribution in [0.4, 0.5) is 11.4 Å². The van der Waals surface area contributed by atoms with Crippen molar-refractivity contribution >= 4 is 23.1 Å². The van der Waals surface area contributed by atoms with Crippen LogP contribution >= 0.6 is 0 Å². The summed E-state index contributed by atoms with van der Waals surface area (Å²) in [5.41, 5.74) is 3.25. The van der Waals surface area contributed by atoms with Crippen LogP contribution < -0.4 is 14.8 Å². The Morgan fingerprint density at radius 1 is 0.839 bits per heavy atom. The minimum Gasteiger partial charge on any atom is -0.372 e. The molecule has 0 saturated carbocycles. The molecule has 1 aliphatic rings. The fourth-order valence-electron chi connectivity index (χ4n) is 3.89. The number of hydrogen-bond acceptors (Lipinski definition) is 3. The van der Waals surface area contributed by atoms with Crippen LogP contribution in [0.1, 0.15) is 48.1 Å². The highest BCUT2D eigenvalue weighted by molar-refractivity contribution is 6.08. The number of rotatable bonds is 6. The van der Waals surface area contributed by atoms with Crippen LogP contribution in [0.2, 0.25) is 0 Å². The average Bonchev–Trinajstić information content (AvgIpc) is 2.85. The summed E-state index contributed by atoms with van der Waals surface area (Å²) >= 11 is 0. The maximum absolute atomic E-state index is 12.7. The number of nitrogens with one attached hydrogen (secondary N) is 1. The molecule has 3 aromatic rings. The molecule has 31 heavy (non-hydrogen) atoms. The van der Waals surface area contributed by atoms with Crippen molar-refractivity contribution in [3.63, 3.8) is 0 Å². The van der Waals surface area contributed by atoms with Gasteiger partial charge in [0, 0.05) is 54.6 Å². The molecule has 2 heterocycles. The lowest BCUT2D eigenvalue weighted by Crippen LogP contribution is -2.44. The third-order valence-corrected chi connectivity index (χ3v) is 5.83. The highest BCUT2D eigenvalue weighted by Crippen LogP contribution is 2.22. The van der Waals surface area contributed by atoms with Crippen molar-refractivity contribution in [2.45, 2.75) is 32.2 Å². The van der Waals surface area contributed by atoms with E-state index < -0.39 is 6.04 Å². The molecule has 0 unspecified atom stereocenters. The molecule has 5 heteroatoms. The summed E-state index contributed by atoms with van der Waals surface area (Å²) in [6.45, 7) is 4.04. The zero-order chi connectivity index (χ0) is 21.6. The summed E-state index contributed by atoms with van der Waals surface area (Å²) in [5, 5.41) is 2.99. The molecule has 1 fully saturated rings. The zero-order valence-corrected chi connectivity index (χ0v) is 17.8. The van der Waals surface area contributed by atoms with E-state index in [-0.39, 0.29) is 11.7 Å². The molecule has 1 amide bonds. The number of amides is 1. The Labute approximate surface area is 183 Å². The maximum atomic E-state index is 12.7. The molecule has 1 aliphatic heterocycles. The van der Waals surface area contributed by atoms with E-state index in [2.05, 4.69) is 22.3 Å². The Balaban J connectivity index is 1.38. The Morgan fingerprint density at radius 2 is 1.45 bits per heavy atom. The first-order valence-electron chi connectivity index (χ1n) is 10.9. The standard InChI is InChI=1S/C26H27N3O2/c1-20(28-18-14-22(15-19-28)25(30)21-8-4-2-5-9-21)26(31)27-23-10-12-24(13-11-23)29-16-6-3-7-17-29/h2,4-5,8-15,18-20H,3,6-7,16-17H2,1H3/p+1/t20-/m1/s1. The van der Waals surface area contributed by atoms with Crippen LogP contribution in [0.3, 0.4) is 0 Å². The van der Waals surface area contributed by atoms with E-state index in [4.69, 9.17) is 0 Å². The average molecular weight is 415 g/mol. The second-order valence-corrected chi connectivity index (χ2v) is 7.99. The number of benzene rings is 2. The highest BCUT2D eigenvalue weighted by Gasteiger charge is 2.22. The van der Waals surface area contributed by atoms with Gasteiger partial charge >= 0.3 is 0 Å². The number of carbonyl (C=O) groups is 2. The number of carbonyl (C=O) groups excluding carboxylic acids is 2. The molecule has 4 rings (SSSR count). The normalized spacial score (nSPS) is 14.7. The topological polar surface area (TPSA) is 53.3 Å². The van der Waals surface area contributed by atoms with Crippen molar-refractivity contribution in [3.8, 4) is 0 Å². The van der Waals surface area contributed by atoms with Gasteiger partial charge in [0.05, 0.1) is 0 Å². The monoisotopic (exact) mass is 414 g/mol. The van der Waals surface area contributed by atoms with Gasteiger partial charge in [0.1, 0.15) is 0 Å². The maximum Gasteiger partial charge on any atom is 0.293 e. The summed E-state index contributed by atoms with van der Waals surface area (Å²) < 4.78 is 1.80. The Bertz CT molecular complexity index is 1020. The predicted octanol–water partition coefficient (Wildman–Crippen LogP) is 4.40. The van der Waals surface area contributed by atoms with E-state index in [9.17, 15) is 9.59 Å². The van der Waals surface area contributed by atoms with Gasteiger partial charge in [0.25, 0.3) is 5.91 Å². The highest BCUT2D eigenvalue weighted by atomic mass is 16.2. The number of pyridine rings is 1. The molecule has 1 atom stereocenters. The molecule has 1 N–H and O–H groups in total. The minimum absolute atomic E-state index is 0.0290. The van der Waals surface area contributed by atoms with Crippen LogP contribution in [0, 0.1) is 0 Å². The van der Waals surface area contributed by atoms with E-state index in [1.165, 1.54) is 24.9 Å². The molecular formula is C26H28N3O2+. The fraction of sp³-hybridized carbons (Fsp3) is 0.269. The summed E-state index contributed by atoms with van der Waals surface area (Å²) in [7, 11) is 0. The quantitative estimate of drug-likeness (QED) is 0.481. The van der Waals surface area contributed by atoms with Crippen molar-refractivity contribution in [3.05, 3.63) is 90.3 Å². The molecule has 0 aliphatic carbocycles. The first kappa shape index (κ1) is 20.8. The number of nitrogens with zero attached hydrogens (tertiary/aromatic N) is 2. The number of hydrogen-bond donors (Lipinski definition) is 1. The second-order valence-electron chi connectivity index (χ2n) is 7.99. The summed E-state index contributed by atoms with van der Waals surface area (Å²) in [4.78, 5) is 27.7. The van der Waals surface area contributed by atoms with E-state index in [1.54, 1.807) is 41.2 Å². The third kappa shape index (κ3) is 5.00. The van der Waals surface area contributed by atoms with E-state index in [0.717, 1.165) is 18.8 Å². The van der Waals surface area contributed by atoms with Gasteiger partial charge in [-0.2, -0.15) is 4.57 Å². The van der Waals surface area contributed by atoms with Crippen LogP contribution in [0.15, 0.2) is 79.1 Å². The lowest BCUT2D eigenvalue weighted by Gasteiger charge is -2.28. The summed E-state index contributed by atoms with van der Waals surface area (Å²) in [6, 6.07) is 20.4. The van der Waals surface area contributed by atoms with Crippen LogP contribution in [-0.4, -0.2) is 24.8 Å². The van der Waals surface area contributed by atoms with Gasteiger partial charge < -0.3 is 10.2 Å². The molecule has 5 nitrogen and oxygen atoms in total. The number of anilines is 2. The number of aromatic nitrogens is 1. The molecule has 0 radical (unpaired) electrons. The SMILES string of the molecule is C[C@H](C(=O)Nc1ccc(N2CCCCC2)cc1)[n+]1ccc(C(=O)c2ccccc2)cc1. The Morgan fingerprint density at radius 3 is 2.10 bits per heavy atom. The van der Waals surface area contributed by atoms with Crippen LogP contribution in [0.25, 0.3) is 0 Å². The predicted molar refractivity (Wildman–Crippen MR) is 122 cm³/mol. The van der Waals surface area contributed by atoms with Gasteiger partial charge in [-0.05, 0) is 43.5 Å². The van der Waals surface area contributed by atoms with Gasteiger partial charge in [-0.15, -0.1) is 0 Å². The van der Waals surface area contributed by atoms with Crippen molar-refractivity contribution in [2.24, 2.45) is 0 Å². The van der Waals surface area contributed by atoms with Gasteiger partial charge in [0.15, 0.2) is 18.2 Å². The minimum atomic E-state index is -0.400. The molecular weight excluding hydrogens is 386 g/mol. The van der Waals surface area contributed by atoms with Gasteiger partial charge in [-0.3, -0.25) is 9.59 Å². The summed E-state index contributed by atoms with van der Waals surface area (Å²) in [6.07, 6.45) is 7.34.